The number of piperidine rings is 2. The summed E-state index contributed by atoms with van der Waals surface area (Å²) in [5.74, 6) is 0.604. The zero-order chi connectivity index (χ0) is 28.2. The molecule has 40 heavy (non-hydrogen) atoms. The normalized spacial score (nSPS) is 20.6. The van der Waals surface area contributed by atoms with Crippen molar-refractivity contribution < 1.29 is 14.3 Å². The third kappa shape index (κ3) is 4.42. The van der Waals surface area contributed by atoms with Gasteiger partial charge in [0, 0.05) is 44.8 Å². The number of benzene rings is 1. The molecule has 1 aromatic carbocycles. The molecule has 0 saturated carbocycles. The lowest BCUT2D eigenvalue weighted by Gasteiger charge is -2.45. The molecule has 6 rings (SSSR count). The molecule has 3 aromatic rings. The van der Waals surface area contributed by atoms with E-state index in [9.17, 15) is 14.4 Å². The highest BCUT2D eigenvalue weighted by Gasteiger charge is 2.45. The van der Waals surface area contributed by atoms with Gasteiger partial charge < -0.3 is 29.7 Å². The quantitative estimate of drug-likeness (QED) is 0.459. The average molecular weight is 566 g/mol. The smallest absolute Gasteiger partial charge is 0.346 e. The van der Waals surface area contributed by atoms with Gasteiger partial charge in [-0.2, -0.15) is 4.98 Å². The van der Waals surface area contributed by atoms with Crippen LogP contribution in [0, 0.1) is 5.41 Å². The minimum absolute atomic E-state index is 0.00985. The fourth-order valence-corrected chi connectivity index (χ4v) is 6.26. The number of anilines is 4. The lowest BCUT2D eigenvalue weighted by atomic mass is 9.72. The molecule has 3 aliphatic rings. The van der Waals surface area contributed by atoms with Crippen molar-refractivity contribution in [2.24, 2.45) is 12.5 Å². The Morgan fingerprint density at radius 3 is 2.67 bits per heavy atom. The number of amides is 1. The number of esters is 1. The molecule has 2 aromatic heterocycles. The van der Waals surface area contributed by atoms with E-state index in [1.54, 1.807) is 13.2 Å². The third-order valence-corrected chi connectivity index (χ3v) is 8.68. The number of hydrogen-bond donors (Lipinski definition) is 2. The van der Waals surface area contributed by atoms with Crippen LogP contribution in [0.4, 0.5) is 23.1 Å². The molecule has 1 spiro atoms. The first-order chi connectivity index (χ1) is 19.2. The standard InChI is InChI=1S/C28H32ClN7O4/c1-16-15-40-25(38)21-22(31-16)18-13-17(5-6-20(18)35(3)24(21)37)32-23-19(29)14-30-27(33-23)36-11-8-28(9-12-36)7-4-10-34(2)26(28)39/h5-6,13-14,16,31H,4,7-12,15H2,1-3H3,(H,30,32,33)/t16-/m0/s1. The summed E-state index contributed by atoms with van der Waals surface area (Å²) in [6, 6.07) is 5.35. The first-order valence-corrected chi connectivity index (χ1v) is 14.0. The summed E-state index contributed by atoms with van der Waals surface area (Å²) in [4.78, 5) is 51.7. The van der Waals surface area contributed by atoms with Gasteiger partial charge in [0.05, 0.1) is 28.9 Å². The second-order valence-corrected chi connectivity index (χ2v) is 11.5. The Bertz CT molecular complexity index is 1580. The second kappa shape index (κ2) is 9.96. The number of hydrogen-bond acceptors (Lipinski definition) is 9. The largest absolute Gasteiger partial charge is 0.460 e. The maximum Gasteiger partial charge on any atom is 0.346 e. The van der Waals surface area contributed by atoms with E-state index in [-0.39, 0.29) is 29.5 Å². The number of rotatable bonds is 3. The van der Waals surface area contributed by atoms with Crippen molar-refractivity contribution in [1.29, 1.82) is 0 Å². The van der Waals surface area contributed by atoms with Gasteiger partial charge in [0.25, 0.3) is 5.56 Å². The summed E-state index contributed by atoms with van der Waals surface area (Å²) in [7, 11) is 3.52. The Morgan fingerprint density at radius 1 is 1.12 bits per heavy atom. The van der Waals surface area contributed by atoms with Gasteiger partial charge in [-0.3, -0.25) is 9.59 Å². The van der Waals surface area contributed by atoms with E-state index in [4.69, 9.17) is 21.3 Å². The molecular formula is C28H32ClN7O4. The number of carbonyl (C=O) groups is 2. The van der Waals surface area contributed by atoms with Crippen molar-refractivity contribution in [1.82, 2.24) is 19.4 Å². The monoisotopic (exact) mass is 565 g/mol. The zero-order valence-corrected chi connectivity index (χ0v) is 23.5. The molecule has 210 valence electrons. The number of carbonyl (C=O) groups excluding carboxylic acids is 2. The van der Waals surface area contributed by atoms with Crippen LogP contribution in [0.2, 0.25) is 5.02 Å². The average Bonchev–Trinajstić information content (AvgIpc) is 3.10. The van der Waals surface area contributed by atoms with Gasteiger partial charge in [0.15, 0.2) is 5.82 Å². The summed E-state index contributed by atoms with van der Waals surface area (Å²) in [5.41, 5.74) is 1.10. The number of likely N-dealkylation sites (tertiary alicyclic amines) is 1. The van der Waals surface area contributed by atoms with E-state index >= 15 is 0 Å². The predicted octanol–water partition coefficient (Wildman–Crippen LogP) is 3.54. The molecule has 12 heteroatoms. The molecule has 2 saturated heterocycles. The van der Waals surface area contributed by atoms with Crippen LogP contribution in [0.15, 0.2) is 29.2 Å². The van der Waals surface area contributed by atoms with E-state index in [1.807, 2.05) is 37.1 Å². The van der Waals surface area contributed by atoms with Crippen LogP contribution in [-0.2, 0) is 16.6 Å². The maximum atomic E-state index is 13.0. The summed E-state index contributed by atoms with van der Waals surface area (Å²) in [6.45, 7) is 4.26. The first kappa shape index (κ1) is 26.4. The second-order valence-electron chi connectivity index (χ2n) is 11.1. The number of pyridine rings is 1. The molecule has 1 atom stereocenters. The number of aryl methyl sites for hydroxylation is 1. The number of cyclic esters (lactones) is 1. The molecule has 3 aliphatic heterocycles. The van der Waals surface area contributed by atoms with Crippen LogP contribution in [0.1, 0.15) is 43.0 Å². The molecule has 1 amide bonds. The van der Waals surface area contributed by atoms with Gasteiger partial charge in [-0.15, -0.1) is 0 Å². The van der Waals surface area contributed by atoms with Gasteiger partial charge in [-0.05, 0) is 50.8 Å². The number of halogens is 1. The fourth-order valence-electron chi connectivity index (χ4n) is 6.13. The van der Waals surface area contributed by atoms with E-state index < -0.39 is 11.5 Å². The Balaban J connectivity index is 1.29. The fraction of sp³-hybridized carbons (Fsp3) is 0.464. The van der Waals surface area contributed by atoms with Crippen molar-refractivity contribution in [3.05, 3.63) is 45.3 Å². The highest BCUT2D eigenvalue weighted by Crippen LogP contribution is 2.41. The molecule has 0 unspecified atom stereocenters. The maximum absolute atomic E-state index is 13.0. The number of fused-ring (bicyclic) bond motifs is 3. The summed E-state index contributed by atoms with van der Waals surface area (Å²) < 4.78 is 6.75. The molecule has 5 heterocycles. The van der Waals surface area contributed by atoms with E-state index in [0.29, 0.717) is 52.2 Å². The van der Waals surface area contributed by atoms with Crippen molar-refractivity contribution in [2.45, 2.75) is 38.6 Å². The molecular weight excluding hydrogens is 534 g/mol. The minimum Gasteiger partial charge on any atom is -0.460 e. The zero-order valence-electron chi connectivity index (χ0n) is 22.8. The predicted molar refractivity (Wildman–Crippen MR) is 154 cm³/mol. The van der Waals surface area contributed by atoms with Crippen LogP contribution in [0.25, 0.3) is 10.9 Å². The number of nitrogens with zero attached hydrogens (tertiary/aromatic N) is 5. The lowest BCUT2D eigenvalue weighted by molar-refractivity contribution is -0.146. The number of ether oxygens (including phenoxy) is 1. The van der Waals surface area contributed by atoms with Gasteiger partial charge in [0.2, 0.25) is 11.9 Å². The molecule has 11 nitrogen and oxygen atoms in total. The summed E-state index contributed by atoms with van der Waals surface area (Å²) in [5, 5.41) is 7.62. The van der Waals surface area contributed by atoms with Crippen molar-refractivity contribution in [3.63, 3.8) is 0 Å². The van der Waals surface area contributed by atoms with Crippen LogP contribution >= 0.6 is 11.6 Å². The van der Waals surface area contributed by atoms with Gasteiger partial charge >= 0.3 is 5.97 Å². The molecule has 0 aliphatic carbocycles. The van der Waals surface area contributed by atoms with Crippen molar-refractivity contribution in [2.75, 3.05) is 48.8 Å². The van der Waals surface area contributed by atoms with Crippen LogP contribution in [-0.4, -0.2) is 70.6 Å². The Labute approximate surface area is 236 Å². The number of nitrogens with one attached hydrogen (secondary N) is 2. The van der Waals surface area contributed by atoms with Gasteiger partial charge in [0.1, 0.15) is 17.2 Å². The van der Waals surface area contributed by atoms with Crippen LogP contribution < -0.4 is 21.1 Å². The topological polar surface area (TPSA) is 122 Å². The number of aromatic nitrogens is 3. The first-order valence-electron chi connectivity index (χ1n) is 13.6. The SMILES string of the molecule is C[C@H]1COC(=O)c2c(c3cc(Nc4nc(N5CCC6(CCCN(C)C6=O)CC5)ncc4Cl)ccc3n(C)c2=O)N1. The minimum atomic E-state index is -0.638. The highest BCUT2D eigenvalue weighted by molar-refractivity contribution is 6.33. The van der Waals surface area contributed by atoms with Crippen molar-refractivity contribution in [3.8, 4) is 0 Å². The lowest BCUT2D eigenvalue weighted by Crippen LogP contribution is -2.52. The molecule has 2 N–H and O–H groups in total. The third-order valence-electron chi connectivity index (χ3n) is 8.40. The van der Waals surface area contributed by atoms with Crippen LogP contribution in [0.3, 0.4) is 0 Å². The highest BCUT2D eigenvalue weighted by atomic mass is 35.5. The molecule has 2 fully saturated rings. The summed E-state index contributed by atoms with van der Waals surface area (Å²) in [6.07, 6.45) is 5.08. The van der Waals surface area contributed by atoms with Gasteiger partial charge in [-0.1, -0.05) is 11.6 Å². The van der Waals surface area contributed by atoms with Crippen LogP contribution in [0.5, 0.6) is 0 Å². The Morgan fingerprint density at radius 2 is 1.90 bits per heavy atom. The van der Waals surface area contributed by atoms with Crippen molar-refractivity contribution >= 4 is 57.5 Å². The van der Waals surface area contributed by atoms with Gasteiger partial charge in [-0.25, -0.2) is 9.78 Å². The van der Waals surface area contributed by atoms with E-state index in [2.05, 4.69) is 20.5 Å². The molecule has 0 radical (unpaired) electrons. The van der Waals surface area contributed by atoms with E-state index in [1.165, 1.54) is 4.57 Å². The molecule has 0 bridgehead atoms. The Kier molecular flexibility index (Phi) is 6.56. The summed E-state index contributed by atoms with van der Waals surface area (Å²) >= 11 is 6.50. The Hall–Kier alpha value is -3.86. The van der Waals surface area contributed by atoms with E-state index in [0.717, 1.165) is 32.2 Å².